The van der Waals surface area contributed by atoms with Crippen LogP contribution in [0.3, 0.4) is 0 Å². The smallest absolute Gasteiger partial charge is 0.165 e. The number of Topliss-reactive ketones (excluding diaryl/α,β-unsaturated/α-hetero) is 2. The van der Waals surface area contributed by atoms with Crippen molar-refractivity contribution in [2.45, 2.75) is 79.7 Å². The molecule has 0 N–H and O–H groups in total. The van der Waals surface area contributed by atoms with Crippen molar-refractivity contribution in [3.63, 3.8) is 0 Å². The highest BCUT2D eigenvalue weighted by Crippen LogP contribution is 2.34. The number of aromatic nitrogens is 1. The van der Waals surface area contributed by atoms with Gasteiger partial charge in [-0.1, -0.05) is 72.1 Å². The SMILES string of the molecule is CC(C)C(=O)C(CC(=O)c1cn(CC2CCCCC2)c2ccccc12)C(C)(C)C. The van der Waals surface area contributed by atoms with Crippen molar-refractivity contribution in [3.05, 3.63) is 36.0 Å². The maximum Gasteiger partial charge on any atom is 0.165 e. The number of benzene rings is 1. The number of carbonyl (C=O) groups is 2. The Balaban J connectivity index is 1.90. The Morgan fingerprint density at radius 3 is 2.34 bits per heavy atom. The summed E-state index contributed by atoms with van der Waals surface area (Å²) in [5.41, 5.74) is 1.70. The third kappa shape index (κ3) is 4.99. The van der Waals surface area contributed by atoms with Crippen LogP contribution in [0.4, 0.5) is 0 Å². The molecule has 1 fully saturated rings. The van der Waals surface area contributed by atoms with Crippen LogP contribution in [-0.4, -0.2) is 16.1 Å². The summed E-state index contributed by atoms with van der Waals surface area (Å²) in [4.78, 5) is 26.2. The van der Waals surface area contributed by atoms with E-state index < -0.39 is 0 Å². The zero-order valence-corrected chi connectivity index (χ0v) is 18.8. The molecule has 1 aromatic carbocycles. The number of carbonyl (C=O) groups excluding carboxylic acids is 2. The third-order valence-corrected chi connectivity index (χ3v) is 6.62. The van der Waals surface area contributed by atoms with Crippen molar-refractivity contribution < 1.29 is 9.59 Å². The Morgan fingerprint density at radius 1 is 1.07 bits per heavy atom. The zero-order chi connectivity index (χ0) is 21.2. The Labute approximate surface area is 175 Å². The molecule has 2 aromatic rings. The quantitative estimate of drug-likeness (QED) is 0.490. The summed E-state index contributed by atoms with van der Waals surface area (Å²) in [5.74, 6) is 0.678. The highest BCUT2D eigenvalue weighted by molar-refractivity contribution is 6.09. The summed E-state index contributed by atoms with van der Waals surface area (Å²) in [5, 5.41) is 1.03. The molecule has 1 unspecified atom stereocenters. The van der Waals surface area contributed by atoms with Gasteiger partial charge in [-0.2, -0.15) is 0 Å². The molecule has 1 aromatic heterocycles. The maximum atomic E-state index is 13.4. The molecular weight excluding hydrogens is 358 g/mol. The summed E-state index contributed by atoms with van der Waals surface area (Å²) in [6.07, 6.45) is 8.90. The molecule has 0 aliphatic heterocycles. The molecule has 3 heteroatoms. The first-order chi connectivity index (χ1) is 13.7. The number of nitrogens with zero attached hydrogens (tertiary/aromatic N) is 1. The molecule has 1 aliphatic carbocycles. The van der Waals surface area contributed by atoms with Gasteiger partial charge in [0.25, 0.3) is 0 Å². The van der Waals surface area contributed by atoms with Crippen LogP contribution in [0.2, 0.25) is 0 Å². The Morgan fingerprint density at radius 2 is 1.72 bits per heavy atom. The molecule has 0 amide bonds. The molecule has 3 nitrogen and oxygen atoms in total. The Bertz CT molecular complexity index is 862. The van der Waals surface area contributed by atoms with Gasteiger partial charge in [0.2, 0.25) is 0 Å². The number of fused-ring (bicyclic) bond motifs is 1. The molecule has 1 aliphatic rings. The average Bonchev–Trinajstić information content (AvgIpc) is 3.04. The zero-order valence-electron chi connectivity index (χ0n) is 18.8. The van der Waals surface area contributed by atoms with Gasteiger partial charge in [0.15, 0.2) is 5.78 Å². The lowest BCUT2D eigenvalue weighted by atomic mass is 9.72. The molecule has 0 radical (unpaired) electrons. The van der Waals surface area contributed by atoms with Gasteiger partial charge in [0.05, 0.1) is 0 Å². The molecule has 158 valence electrons. The van der Waals surface area contributed by atoms with E-state index in [1.165, 1.54) is 32.1 Å². The summed E-state index contributed by atoms with van der Waals surface area (Å²) >= 11 is 0. The minimum absolute atomic E-state index is 0.0559. The fraction of sp³-hybridized carbons (Fsp3) is 0.615. The van der Waals surface area contributed by atoms with Crippen LogP contribution in [0, 0.1) is 23.2 Å². The summed E-state index contributed by atoms with van der Waals surface area (Å²) in [7, 11) is 0. The van der Waals surface area contributed by atoms with E-state index in [0.29, 0.717) is 5.92 Å². The van der Waals surface area contributed by atoms with Crippen LogP contribution in [0.25, 0.3) is 10.9 Å². The van der Waals surface area contributed by atoms with Gasteiger partial charge in [0, 0.05) is 47.5 Å². The highest BCUT2D eigenvalue weighted by atomic mass is 16.1. The Hall–Kier alpha value is -1.90. The molecule has 0 bridgehead atoms. The number of para-hydroxylation sites is 1. The lowest BCUT2D eigenvalue weighted by Crippen LogP contribution is -2.33. The van der Waals surface area contributed by atoms with Gasteiger partial charge >= 0.3 is 0 Å². The topological polar surface area (TPSA) is 39.1 Å². The van der Waals surface area contributed by atoms with E-state index in [4.69, 9.17) is 0 Å². The van der Waals surface area contributed by atoms with Crippen molar-refractivity contribution in [2.24, 2.45) is 23.2 Å². The second-order valence-electron chi connectivity index (χ2n) is 10.3. The van der Waals surface area contributed by atoms with Crippen LogP contribution in [0.5, 0.6) is 0 Å². The molecule has 1 saturated carbocycles. The van der Waals surface area contributed by atoms with Crippen molar-refractivity contribution in [1.29, 1.82) is 0 Å². The number of rotatable bonds is 7. The van der Waals surface area contributed by atoms with Crippen LogP contribution in [0.1, 0.15) is 83.5 Å². The molecule has 29 heavy (non-hydrogen) atoms. The molecule has 3 rings (SSSR count). The number of ketones is 2. The minimum atomic E-state index is -0.254. The van der Waals surface area contributed by atoms with Crippen molar-refractivity contribution in [2.75, 3.05) is 0 Å². The van der Waals surface area contributed by atoms with Crippen molar-refractivity contribution in [1.82, 2.24) is 4.57 Å². The van der Waals surface area contributed by atoms with Crippen LogP contribution >= 0.6 is 0 Å². The number of hydrogen-bond acceptors (Lipinski definition) is 2. The molecule has 1 atom stereocenters. The second kappa shape index (κ2) is 8.85. The van der Waals surface area contributed by atoms with Crippen molar-refractivity contribution in [3.8, 4) is 0 Å². The second-order valence-corrected chi connectivity index (χ2v) is 10.3. The molecule has 0 spiro atoms. The molecule has 0 saturated heterocycles. The summed E-state index contributed by atoms with van der Waals surface area (Å²) in [6, 6.07) is 8.23. The van der Waals surface area contributed by atoms with Gasteiger partial charge in [-0.25, -0.2) is 0 Å². The molecular formula is C26H37NO2. The lowest BCUT2D eigenvalue weighted by molar-refractivity contribution is -0.129. The van der Waals surface area contributed by atoms with Gasteiger partial charge < -0.3 is 4.57 Å². The summed E-state index contributed by atoms with van der Waals surface area (Å²) < 4.78 is 2.29. The fourth-order valence-corrected chi connectivity index (χ4v) is 4.80. The average molecular weight is 396 g/mol. The van der Waals surface area contributed by atoms with Crippen molar-refractivity contribution >= 4 is 22.5 Å². The van der Waals surface area contributed by atoms with Crippen LogP contribution in [0.15, 0.2) is 30.5 Å². The predicted octanol–water partition coefficient (Wildman–Crippen LogP) is 6.68. The summed E-state index contributed by atoms with van der Waals surface area (Å²) in [6.45, 7) is 11.1. The predicted molar refractivity (Wildman–Crippen MR) is 120 cm³/mol. The minimum Gasteiger partial charge on any atom is -0.346 e. The maximum absolute atomic E-state index is 13.4. The third-order valence-electron chi connectivity index (χ3n) is 6.62. The first kappa shape index (κ1) is 21.8. The van der Waals surface area contributed by atoms with E-state index >= 15 is 0 Å². The van der Waals surface area contributed by atoms with E-state index in [1.807, 2.05) is 26.0 Å². The van der Waals surface area contributed by atoms with E-state index in [0.717, 1.165) is 23.0 Å². The van der Waals surface area contributed by atoms with Gasteiger partial charge in [-0.05, 0) is 30.2 Å². The van der Waals surface area contributed by atoms with Crippen LogP contribution in [-0.2, 0) is 11.3 Å². The van der Waals surface area contributed by atoms with E-state index in [1.54, 1.807) is 0 Å². The molecule has 1 heterocycles. The monoisotopic (exact) mass is 395 g/mol. The standard InChI is InChI=1S/C26H37NO2/c1-18(2)25(29)22(26(3,4)5)15-24(28)21-17-27(16-19-11-7-6-8-12-19)23-14-10-9-13-20(21)23/h9-10,13-14,17-19,22H,6-8,11-12,15-16H2,1-5H3. The van der Waals surface area contributed by atoms with Crippen LogP contribution < -0.4 is 0 Å². The van der Waals surface area contributed by atoms with E-state index in [2.05, 4.69) is 43.7 Å². The highest BCUT2D eigenvalue weighted by Gasteiger charge is 2.35. The first-order valence-electron chi connectivity index (χ1n) is 11.3. The fourth-order valence-electron chi connectivity index (χ4n) is 4.80. The normalized spacial score (nSPS) is 17.0. The van der Waals surface area contributed by atoms with E-state index in [-0.39, 0.29) is 35.2 Å². The largest absolute Gasteiger partial charge is 0.346 e. The Kier molecular flexibility index (Phi) is 6.65. The van der Waals surface area contributed by atoms with Gasteiger partial charge in [-0.3, -0.25) is 9.59 Å². The van der Waals surface area contributed by atoms with Gasteiger partial charge in [-0.15, -0.1) is 0 Å². The lowest BCUT2D eigenvalue weighted by Gasteiger charge is -2.30. The first-order valence-corrected chi connectivity index (χ1v) is 11.3. The van der Waals surface area contributed by atoms with Gasteiger partial charge in [0.1, 0.15) is 5.78 Å². The van der Waals surface area contributed by atoms with E-state index in [9.17, 15) is 9.59 Å². The number of hydrogen-bond donors (Lipinski definition) is 0.